The van der Waals surface area contributed by atoms with Crippen LogP contribution in [-0.4, -0.2) is 11.7 Å². The number of hydrogen-bond acceptors (Lipinski definition) is 2. The zero-order valence-corrected chi connectivity index (χ0v) is 8.84. The second-order valence-corrected chi connectivity index (χ2v) is 4.53. The van der Waals surface area contributed by atoms with Gasteiger partial charge in [0.15, 0.2) is 0 Å². The van der Waals surface area contributed by atoms with E-state index in [1.54, 1.807) is 0 Å². The number of aliphatic hydroxyl groups is 1. The Morgan fingerprint density at radius 3 is 2.62 bits per heavy atom. The van der Waals surface area contributed by atoms with Crippen molar-refractivity contribution in [3.8, 4) is 0 Å². The van der Waals surface area contributed by atoms with Crippen LogP contribution in [0.1, 0.15) is 18.4 Å². The van der Waals surface area contributed by atoms with Crippen molar-refractivity contribution in [3.63, 3.8) is 0 Å². The van der Waals surface area contributed by atoms with Gasteiger partial charge in [0.25, 0.3) is 0 Å². The first-order valence-corrected chi connectivity index (χ1v) is 5.14. The van der Waals surface area contributed by atoms with Crippen LogP contribution in [0.2, 0.25) is 0 Å². The molecule has 0 heterocycles. The fraction of sp³-hybridized carbons (Fsp3) is 0.400. The maximum absolute atomic E-state index is 9.22. The average molecular weight is 242 g/mol. The molecule has 0 unspecified atom stereocenters. The zero-order valence-electron chi connectivity index (χ0n) is 7.26. The Hall–Kier alpha value is -0.540. The molecule has 0 atom stereocenters. The lowest BCUT2D eigenvalue weighted by molar-refractivity contribution is 0.255. The van der Waals surface area contributed by atoms with Gasteiger partial charge in [-0.15, -0.1) is 0 Å². The summed E-state index contributed by atoms with van der Waals surface area (Å²) in [6.45, 7) is 0.239. The minimum Gasteiger partial charge on any atom is -0.398 e. The van der Waals surface area contributed by atoms with Crippen molar-refractivity contribution in [2.24, 2.45) is 0 Å². The third kappa shape index (κ3) is 1.46. The number of rotatable bonds is 2. The number of halogens is 1. The lowest BCUT2D eigenvalue weighted by atomic mass is 9.97. The third-order valence-corrected chi connectivity index (χ3v) is 3.46. The summed E-state index contributed by atoms with van der Waals surface area (Å²) in [7, 11) is 0. The Labute approximate surface area is 85.9 Å². The van der Waals surface area contributed by atoms with Gasteiger partial charge in [-0.25, -0.2) is 0 Å². The van der Waals surface area contributed by atoms with E-state index >= 15 is 0 Å². The van der Waals surface area contributed by atoms with Gasteiger partial charge in [0.1, 0.15) is 0 Å². The molecule has 0 amide bonds. The summed E-state index contributed by atoms with van der Waals surface area (Å²) in [6.07, 6.45) is 2.17. The summed E-state index contributed by atoms with van der Waals surface area (Å²) in [4.78, 5) is 0. The first-order valence-electron chi connectivity index (χ1n) is 4.34. The fourth-order valence-electron chi connectivity index (χ4n) is 1.55. The third-order valence-electron chi connectivity index (χ3n) is 2.77. The second kappa shape index (κ2) is 3.00. The van der Waals surface area contributed by atoms with Crippen LogP contribution in [0.4, 0.5) is 5.69 Å². The normalized spacial score (nSPS) is 18.6. The molecule has 0 saturated heterocycles. The quantitative estimate of drug-likeness (QED) is 0.779. The Bertz CT molecular complexity index is 334. The van der Waals surface area contributed by atoms with Crippen molar-refractivity contribution < 1.29 is 5.11 Å². The highest BCUT2D eigenvalue weighted by Gasteiger charge is 2.43. The van der Waals surface area contributed by atoms with Gasteiger partial charge in [0.05, 0.1) is 6.61 Å². The minimum absolute atomic E-state index is 0.0379. The first kappa shape index (κ1) is 9.03. The van der Waals surface area contributed by atoms with Crippen LogP contribution in [0, 0.1) is 0 Å². The van der Waals surface area contributed by atoms with E-state index in [1.807, 2.05) is 18.2 Å². The van der Waals surface area contributed by atoms with Crippen LogP contribution in [0.25, 0.3) is 0 Å². The van der Waals surface area contributed by atoms with Gasteiger partial charge in [-0.05, 0) is 46.5 Å². The molecule has 0 spiro atoms. The predicted molar refractivity (Wildman–Crippen MR) is 56.6 cm³/mol. The Kier molecular flexibility index (Phi) is 2.08. The van der Waals surface area contributed by atoms with E-state index in [1.165, 1.54) is 5.56 Å². The summed E-state index contributed by atoms with van der Waals surface area (Å²) in [5.41, 5.74) is 7.66. The van der Waals surface area contributed by atoms with E-state index in [4.69, 9.17) is 5.73 Å². The summed E-state index contributed by atoms with van der Waals surface area (Å²) >= 11 is 3.39. The summed E-state index contributed by atoms with van der Waals surface area (Å²) in [6, 6.07) is 5.90. The van der Waals surface area contributed by atoms with E-state index in [2.05, 4.69) is 15.9 Å². The van der Waals surface area contributed by atoms with Gasteiger partial charge in [-0.1, -0.05) is 6.07 Å². The smallest absolute Gasteiger partial charge is 0.0527 e. The predicted octanol–water partition coefficient (Wildman–Crippen LogP) is 2.06. The molecule has 1 aromatic rings. The van der Waals surface area contributed by atoms with Crippen molar-refractivity contribution in [2.75, 3.05) is 12.3 Å². The molecular formula is C10H12BrNO. The number of nitrogen functional groups attached to an aromatic ring is 1. The van der Waals surface area contributed by atoms with Crippen molar-refractivity contribution in [3.05, 3.63) is 28.2 Å². The highest BCUT2D eigenvalue weighted by molar-refractivity contribution is 9.10. The monoisotopic (exact) mass is 241 g/mol. The Morgan fingerprint density at radius 1 is 1.46 bits per heavy atom. The van der Waals surface area contributed by atoms with E-state index in [0.29, 0.717) is 0 Å². The lowest BCUT2D eigenvalue weighted by Crippen LogP contribution is -2.11. The minimum atomic E-state index is 0.0379. The summed E-state index contributed by atoms with van der Waals surface area (Å²) < 4.78 is 0.921. The van der Waals surface area contributed by atoms with Crippen molar-refractivity contribution >= 4 is 21.6 Å². The maximum atomic E-state index is 9.22. The Morgan fingerprint density at radius 2 is 2.15 bits per heavy atom. The molecule has 1 aliphatic rings. The SMILES string of the molecule is Nc1ccc(C2(CO)CC2)cc1Br. The van der Waals surface area contributed by atoms with Crippen molar-refractivity contribution in [2.45, 2.75) is 18.3 Å². The maximum Gasteiger partial charge on any atom is 0.0527 e. The zero-order chi connectivity index (χ0) is 9.47. The van der Waals surface area contributed by atoms with E-state index in [9.17, 15) is 5.11 Å². The topological polar surface area (TPSA) is 46.2 Å². The average Bonchev–Trinajstić information content (AvgIpc) is 2.90. The van der Waals surface area contributed by atoms with Crippen LogP contribution in [0.15, 0.2) is 22.7 Å². The van der Waals surface area contributed by atoms with Gasteiger partial charge in [0.2, 0.25) is 0 Å². The summed E-state index contributed by atoms with van der Waals surface area (Å²) in [5, 5.41) is 9.22. The van der Waals surface area contributed by atoms with Crippen molar-refractivity contribution in [1.29, 1.82) is 0 Å². The molecular weight excluding hydrogens is 230 g/mol. The van der Waals surface area contributed by atoms with Gasteiger partial charge in [-0.2, -0.15) is 0 Å². The molecule has 3 heteroatoms. The molecule has 70 valence electrons. The largest absolute Gasteiger partial charge is 0.398 e. The molecule has 13 heavy (non-hydrogen) atoms. The van der Waals surface area contributed by atoms with Crippen LogP contribution in [-0.2, 0) is 5.41 Å². The number of benzene rings is 1. The van der Waals surface area contributed by atoms with E-state index in [0.717, 1.165) is 23.0 Å². The van der Waals surface area contributed by atoms with Crippen molar-refractivity contribution in [1.82, 2.24) is 0 Å². The van der Waals surface area contributed by atoms with Gasteiger partial charge in [0, 0.05) is 15.6 Å². The molecule has 0 bridgehead atoms. The summed E-state index contributed by atoms with van der Waals surface area (Å²) in [5.74, 6) is 0. The van der Waals surface area contributed by atoms with E-state index < -0.39 is 0 Å². The molecule has 3 N–H and O–H groups in total. The number of nitrogens with two attached hydrogens (primary N) is 1. The number of aliphatic hydroxyl groups excluding tert-OH is 1. The second-order valence-electron chi connectivity index (χ2n) is 3.67. The highest BCUT2D eigenvalue weighted by atomic mass is 79.9. The van der Waals surface area contributed by atoms with Gasteiger partial charge < -0.3 is 10.8 Å². The molecule has 2 rings (SSSR count). The van der Waals surface area contributed by atoms with Crippen LogP contribution in [0.5, 0.6) is 0 Å². The van der Waals surface area contributed by atoms with Gasteiger partial charge >= 0.3 is 0 Å². The van der Waals surface area contributed by atoms with E-state index in [-0.39, 0.29) is 12.0 Å². The molecule has 1 aliphatic carbocycles. The standard InChI is InChI=1S/C10H12BrNO/c11-8-5-7(1-2-9(8)12)10(6-13)3-4-10/h1-2,5,13H,3-4,6,12H2. The molecule has 0 aromatic heterocycles. The molecule has 1 fully saturated rings. The van der Waals surface area contributed by atoms with Crippen LogP contribution in [0.3, 0.4) is 0 Å². The van der Waals surface area contributed by atoms with Crippen LogP contribution >= 0.6 is 15.9 Å². The molecule has 0 radical (unpaired) electrons. The first-order chi connectivity index (χ1) is 6.18. The van der Waals surface area contributed by atoms with Gasteiger partial charge in [-0.3, -0.25) is 0 Å². The highest BCUT2D eigenvalue weighted by Crippen LogP contribution is 2.48. The molecule has 1 saturated carbocycles. The van der Waals surface area contributed by atoms with Crippen LogP contribution < -0.4 is 5.73 Å². The number of anilines is 1. The molecule has 1 aromatic carbocycles. The lowest BCUT2D eigenvalue weighted by Gasteiger charge is -2.12. The fourth-order valence-corrected chi connectivity index (χ4v) is 1.92. The Balaban J connectivity index is 2.37. The molecule has 0 aliphatic heterocycles. The number of hydrogen-bond donors (Lipinski definition) is 2. The molecule has 2 nitrogen and oxygen atoms in total.